The van der Waals surface area contributed by atoms with E-state index in [1.165, 1.54) is 0 Å². The number of hydrogen-bond donors (Lipinski definition) is 1. The molecule has 0 aliphatic rings. The van der Waals surface area contributed by atoms with Gasteiger partial charge >= 0.3 is 6.01 Å². The number of halogens is 1. The van der Waals surface area contributed by atoms with Crippen LogP contribution >= 0.6 is 27.3 Å². The molecule has 2 aromatic rings. The maximum absolute atomic E-state index is 4.99. The molecule has 0 amide bonds. The second kappa shape index (κ2) is 4.10. The van der Waals surface area contributed by atoms with E-state index in [0.717, 1.165) is 15.2 Å². The maximum Gasteiger partial charge on any atom is 0.321 e. The van der Waals surface area contributed by atoms with Gasteiger partial charge in [0.2, 0.25) is 5.82 Å². The number of hydrogen-bond acceptors (Lipinski definition) is 5. The van der Waals surface area contributed by atoms with Gasteiger partial charge in [-0.1, -0.05) is 5.16 Å². The number of anilines is 1. The molecule has 2 rings (SSSR count). The van der Waals surface area contributed by atoms with Gasteiger partial charge in [-0.05, 0) is 35.0 Å². The average molecular weight is 274 g/mol. The molecule has 0 unspecified atom stereocenters. The third kappa shape index (κ3) is 1.96. The largest absolute Gasteiger partial charge is 0.338 e. The fraction of sp³-hybridized carbons (Fsp3) is 0.250. The van der Waals surface area contributed by atoms with E-state index in [-0.39, 0.29) is 0 Å². The van der Waals surface area contributed by atoms with Crippen molar-refractivity contribution in [2.45, 2.75) is 6.92 Å². The summed E-state index contributed by atoms with van der Waals surface area (Å²) in [6.45, 7) is 2.75. The summed E-state index contributed by atoms with van der Waals surface area (Å²) in [5.74, 6) is 0.622. The lowest BCUT2D eigenvalue weighted by atomic mass is 10.4. The van der Waals surface area contributed by atoms with E-state index in [1.54, 1.807) is 11.3 Å². The molecule has 0 spiro atoms. The second-order valence-corrected chi connectivity index (χ2v) is 5.02. The smallest absolute Gasteiger partial charge is 0.321 e. The lowest BCUT2D eigenvalue weighted by Gasteiger charge is -1.89. The van der Waals surface area contributed by atoms with E-state index in [0.29, 0.717) is 11.8 Å². The number of aromatic nitrogens is 2. The minimum atomic E-state index is 0.465. The average Bonchev–Trinajstić information content (AvgIpc) is 2.74. The monoisotopic (exact) mass is 273 g/mol. The van der Waals surface area contributed by atoms with Gasteiger partial charge in [0.25, 0.3) is 0 Å². The van der Waals surface area contributed by atoms with Crippen LogP contribution in [-0.2, 0) is 0 Å². The molecule has 2 aromatic heterocycles. The molecule has 0 aliphatic heterocycles. The molecular formula is C8H8BrN3OS. The number of nitrogens with one attached hydrogen (secondary N) is 1. The normalized spacial score (nSPS) is 10.4. The van der Waals surface area contributed by atoms with Crippen LogP contribution < -0.4 is 5.32 Å². The summed E-state index contributed by atoms with van der Waals surface area (Å²) in [6, 6.07) is 4.38. The highest BCUT2D eigenvalue weighted by molar-refractivity contribution is 9.11. The second-order valence-electron chi connectivity index (χ2n) is 2.56. The Bertz CT molecular complexity index is 426. The van der Waals surface area contributed by atoms with Gasteiger partial charge in [0.15, 0.2) is 0 Å². The van der Waals surface area contributed by atoms with Gasteiger partial charge < -0.3 is 9.84 Å². The van der Waals surface area contributed by atoms with Crippen LogP contribution in [0.3, 0.4) is 0 Å². The van der Waals surface area contributed by atoms with Crippen molar-refractivity contribution in [2.24, 2.45) is 0 Å². The quantitative estimate of drug-likeness (QED) is 0.934. The summed E-state index contributed by atoms with van der Waals surface area (Å²) in [7, 11) is 0. The third-order valence-electron chi connectivity index (χ3n) is 1.55. The van der Waals surface area contributed by atoms with E-state index in [1.807, 2.05) is 19.1 Å². The number of nitrogens with zero attached hydrogens (tertiary/aromatic N) is 2. The minimum Gasteiger partial charge on any atom is -0.338 e. The molecule has 0 saturated carbocycles. The van der Waals surface area contributed by atoms with Gasteiger partial charge in [-0.2, -0.15) is 4.98 Å². The number of rotatable bonds is 3. The molecule has 0 bridgehead atoms. The zero-order chi connectivity index (χ0) is 9.97. The molecule has 6 heteroatoms. The fourth-order valence-electron chi connectivity index (χ4n) is 0.981. The highest BCUT2D eigenvalue weighted by atomic mass is 79.9. The molecule has 0 aromatic carbocycles. The van der Waals surface area contributed by atoms with Gasteiger partial charge in [0.1, 0.15) is 0 Å². The van der Waals surface area contributed by atoms with Crippen LogP contribution in [0.4, 0.5) is 6.01 Å². The van der Waals surface area contributed by atoms with Crippen LogP contribution in [-0.4, -0.2) is 16.7 Å². The molecule has 0 saturated heterocycles. The zero-order valence-corrected chi connectivity index (χ0v) is 9.85. The van der Waals surface area contributed by atoms with Crippen molar-refractivity contribution in [3.8, 4) is 10.7 Å². The fourth-order valence-corrected chi connectivity index (χ4v) is 2.29. The Morgan fingerprint density at radius 2 is 2.43 bits per heavy atom. The highest BCUT2D eigenvalue weighted by Gasteiger charge is 2.09. The summed E-state index contributed by atoms with van der Waals surface area (Å²) < 4.78 is 6.05. The predicted octanol–water partition coefficient (Wildman–Crippen LogP) is 2.99. The van der Waals surface area contributed by atoms with E-state index < -0.39 is 0 Å². The van der Waals surface area contributed by atoms with Crippen LogP contribution in [0, 0.1) is 0 Å². The number of thiophene rings is 1. The van der Waals surface area contributed by atoms with Crippen LogP contribution in [0.15, 0.2) is 20.4 Å². The Hall–Kier alpha value is -0.880. The van der Waals surface area contributed by atoms with E-state index >= 15 is 0 Å². The van der Waals surface area contributed by atoms with Crippen LogP contribution in [0.25, 0.3) is 10.7 Å². The molecule has 0 aliphatic carbocycles. The molecule has 0 atom stereocenters. The molecule has 14 heavy (non-hydrogen) atoms. The maximum atomic E-state index is 4.99. The SMILES string of the molecule is CCNc1nc(-c2ccc(Br)s2)no1. The van der Waals surface area contributed by atoms with E-state index in [2.05, 4.69) is 31.4 Å². The summed E-state index contributed by atoms with van der Waals surface area (Å²) in [4.78, 5) is 5.17. The molecule has 74 valence electrons. The summed E-state index contributed by atoms with van der Waals surface area (Å²) >= 11 is 4.96. The van der Waals surface area contributed by atoms with Gasteiger partial charge in [-0.25, -0.2) is 0 Å². The van der Waals surface area contributed by atoms with Gasteiger partial charge in [-0.15, -0.1) is 11.3 Å². The van der Waals surface area contributed by atoms with Crippen LogP contribution in [0.5, 0.6) is 0 Å². The summed E-state index contributed by atoms with van der Waals surface area (Å²) in [5, 5.41) is 6.82. The third-order valence-corrected chi connectivity index (χ3v) is 3.17. The first kappa shape index (κ1) is 9.67. The van der Waals surface area contributed by atoms with Crippen molar-refractivity contribution in [3.63, 3.8) is 0 Å². The van der Waals surface area contributed by atoms with Crippen molar-refractivity contribution >= 4 is 33.3 Å². The first-order chi connectivity index (χ1) is 6.79. The zero-order valence-electron chi connectivity index (χ0n) is 7.45. The summed E-state index contributed by atoms with van der Waals surface area (Å²) in [6.07, 6.45) is 0. The molecule has 1 N–H and O–H groups in total. The molecule has 4 nitrogen and oxygen atoms in total. The first-order valence-corrected chi connectivity index (χ1v) is 5.74. The van der Waals surface area contributed by atoms with Crippen LogP contribution in [0.2, 0.25) is 0 Å². The van der Waals surface area contributed by atoms with Crippen molar-refractivity contribution in [1.29, 1.82) is 0 Å². The molecule has 0 fully saturated rings. The molecule has 0 radical (unpaired) electrons. The Morgan fingerprint density at radius 1 is 1.57 bits per heavy atom. The Balaban J connectivity index is 2.24. The Morgan fingerprint density at radius 3 is 3.07 bits per heavy atom. The lowest BCUT2D eigenvalue weighted by Crippen LogP contribution is -1.95. The Kier molecular flexibility index (Phi) is 2.83. The first-order valence-electron chi connectivity index (χ1n) is 4.13. The molecule has 2 heterocycles. The van der Waals surface area contributed by atoms with Crippen molar-refractivity contribution in [2.75, 3.05) is 11.9 Å². The molecular weight excluding hydrogens is 266 g/mol. The van der Waals surface area contributed by atoms with Crippen LogP contribution in [0.1, 0.15) is 6.92 Å². The van der Waals surface area contributed by atoms with E-state index in [9.17, 15) is 0 Å². The topological polar surface area (TPSA) is 51.0 Å². The van der Waals surface area contributed by atoms with Crippen molar-refractivity contribution in [3.05, 3.63) is 15.9 Å². The van der Waals surface area contributed by atoms with Crippen molar-refractivity contribution in [1.82, 2.24) is 10.1 Å². The van der Waals surface area contributed by atoms with Crippen molar-refractivity contribution < 1.29 is 4.52 Å². The lowest BCUT2D eigenvalue weighted by molar-refractivity contribution is 0.433. The van der Waals surface area contributed by atoms with Gasteiger partial charge in [0, 0.05) is 6.54 Å². The standard InChI is InChI=1S/C8H8BrN3OS/c1-2-10-8-11-7(12-13-8)5-3-4-6(9)14-5/h3-4H,2H2,1H3,(H,10,11,12). The highest BCUT2D eigenvalue weighted by Crippen LogP contribution is 2.29. The Labute approximate surface area is 93.5 Å². The van der Waals surface area contributed by atoms with E-state index in [4.69, 9.17) is 4.52 Å². The summed E-state index contributed by atoms with van der Waals surface area (Å²) in [5.41, 5.74) is 0. The predicted molar refractivity (Wildman–Crippen MR) is 59.5 cm³/mol. The van der Waals surface area contributed by atoms with Gasteiger partial charge in [0.05, 0.1) is 8.66 Å². The minimum absolute atomic E-state index is 0.465. The van der Waals surface area contributed by atoms with Gasteiger partial charge in [-0.3, -0.25) is 0 Å².